The number of amides is 1. The van der Waals surface area contributed by atoms with E-state index in [1.54, 1.807) is 10.8 Å². The third kappa shape index (κ3) is 3.57. The molecule has 0 bridgehead atoms. The molecule has 24 heavy (non-hydrogen) atoms. The Morgan fingerprint density at radius 3 is 2.62 bits per heavy atom. The molecule has 0 saturated heterocycles. The van der Waals surface area contributed by atoms with Gasteiger partial charge >= 0.3 is 0 Å². The number of nitrogens with zero attached hydrogens (tertiary/aromatic N) is 3. The van der Waals surface area contributed by atoms with E-state index in [2.05, 4.69) is 15.3 Å². The highest BCUT2D eigenvalue weighted by Gasteiger charge is 2.11. The number of carbonyl (C=O) groups excluding carboxylic acids is 1. The van der Waals surface area contributed by atoms with E-state index in [0.29, 0.717) is 5.13 Å². The minimum absolute atomic E-state index is 0.0541. The summed E-state index contributed by atoms with van der Waals surface area (Å²) < 4.78 is 1.80. The van der Waals surface area contributed by atoms with Crippen LogP contribution in [0.4, 0.5) is 5.13 Å². The van der Waals surface area contributed by atoms with Crippen LogP contribution in [0.3, 0.4) is 0 Å². The maximum absolute atomic E-state index is 12.3. The second-order valence-electron chi connectivity index (χ2n) is 5.36. The van der Waals surface area contributed by atoms with Gasteiger partial charge in [0.2, 0.25) is 5.91 Å². The van der Waals surface area contributed by atoms with Gasteiger partial charge in [-0.2, -0.15) is 0 Å². The molecule has 3 aromatic heterocycles. The largest absolute Gasteiger partial charge is 0.340 e. The van der Waals surface area contributed by atoms with Crippen LogP contribution in [-0.2, 0) is 11.3 Å². The van der Waals surface area contributed by atoms with Gasteiger partial charge in [-0.15, -0.1) is 11.3 Å². The fourth-order valence-corrected chi connectivity index (χ4v) is 3.12. The molecule has 0 aliphatic heterocycles. The summed E-state index contributed by atoms with van der Waals surface area (Å²) in [5.41, 5.74) is 2.95. The van der Waals surface area contributed by atoms with Gasteiger partial charge in [-0.3, -0.25) is 14.6 Å². The van der Waals surface area contributed by atoms with Crippen molar-refractivity contribution in [1.29, 1.82) is 0 Å². The van der Waals surface area contributed by atoms with Gasteiger partial charge in [0.05, 0.1) is 5.69 Å². The maximum Gasteiger partial charge on any atom is 0.246 e. The molecule has 1 N–H and O–H groups in total. The van der Waals surface area contributed by atoms with Crippen molar-refractivity contribution in [3.05, 3.63) is 63.5 Å². The molecule has 0 atom stereocenters. The second-order valence-corrected chi connectivity index (χ2v) is 6.22. The van der Waals surface area contributed by atoms with E-state index in [1.807, 2.05) is 37.4 Å². The average Bonchev–Trinajstić information content (AvgIpc) is 3.00. The van der Waals surface area contributed by atoms with Crippen molar-refractivity contribution in [2.24, 2.45) is 0 Å². The maximum atomic E-state index is 12.3. The minimum Gasteiger partial charge on any atom is -0.340 e. The van der Waals surface area contributed by atoms with E-state index < -0.39 is 0 Å². The van der Waals surface area contributed by atoms with Crippen LogP contribution in [0.15, 0.2) is 46.7 Å². The summed E-state index contributed by atoms with van der Waals surface area (Å²) in [6.45, 7) is 3.75. The lowest BCUT2D eigenvalue weighted by Crippen LogP contribution is -2.23. The first-order valence-electron chi connectivity index (χ1n) is 7.38. The Balaban J connectivity index is 1.72. The van der Waals surface area contributed by atoms with E-state index in [9.17, 15) is 9.59 Å². The van der Waals surface area contributed by atoms with Gasteiger partial charge in [-0.1, -0.05) is 6.07 Å². The Bertz CT molecular complexity index is 905. The number of pyridine rings is 2. The zero-order chi connectivity index (χ0) is 17.1. The predicted molar refractivity (Wildman–Crippen MR) is 94.2 cm³/mol. The number of carbonyl (C=O) groups is 1. The predicted octanol–water partition coefficient (Wildman–Crippen LogP) is 2.62. The van der Waals surface area contributed by atoms with Crippen molar-refractivity contribution in [2.45, 2.75) is 20.4 Å². The van der Waals surface area contributed by atoms with Gasteiger partial charge in [-0.05, 0) is 26.0 Å². The summed E-state index contributed by atoms with van der Waals surface area (Å²) in [4.78, 5) is 32.3. The Morgan fingerprint density at radius 1 is 1.21 bits per heavy atom. The lowest BCUT2D eigenvalue weighted by molar-refractivity contribution is -0.116. The second kappa shape index (κ2) is 6.76. The normalized spacial score (nSPS) is 10.6. The van der Waals surface area contributed by atoms with Crippen molar-refractivity contribution in [1.82, 2.24) is 14.5 Å². The Kier molecular flexibility index (Phi) is 4.52. The van der Waals surface area contributed by atoms with Gasteiger partial charge in [-0.25, -0.2) is 4.98 Å². The summed E-state index contributed by atoms with van der Waals surface area (Å²) in [5, 5.41) is 5.17. The van der Waals surface area contributed by atoms with Crippen molar-refractivity contribution in [2.75, 3.05) is 5.32 Å². The standard InChI is InChI=1S/C17H16N4O2S/c1-11-7-13(22)8-12(2)21(11)9-16(23)20-17-19-15(10-24-17)14-5-3-4-6-18-14/h3-8,10H,9H2,1-2H3,(H,19,20,23). The lowest BCUT2D eigenvalue weighted by Gasteiger charge is -2.13. The van der Waals surface area contributed by atoms with Crippen LogP contribution in [0.2, 0.25) is 0 Å². The van der Waals surface area contributed by atoms with Gasteiger partial charge in [0.25, 0.3) is 0 Å². The monoisotopic (exact) mass is 340 g/mol. The van der Waals surface area contributed by atoms with Crippen molar-refractivity contribution in [3.63, 3.8) is 0 Å². The number of thiazole rings is 1. The van der Waals surface area contributed by atoms with Crippen molar-refractivity contribution < 1.29 is 4.79 Å². The average molecular weight is 340 g/mol. The first-order valence-corrected chi connectivity index (χ1v) is 8.26. The highest BCUT2D eigenvalue weighted by atomic mass is 32.1. The highest BCUT2D eigenvalue weighted by molar-refractivity contribution is 7.14. The van der Waals surface area contributed by atoms with Gasteiger partial charge < -0.3 is 9.88 Å². The summed E-state index contributed by atoms with van der Waals surface area (Å²) in [5.74, 6) is -0.188. The molecular weight excluding hydrogens is 324 g/mol. The van der Waals surface area contributed by atoms with Crippen LogP contribution in [0.5, 0.6) is 0 Å². The molecule has 6 nitrogen and oxygen atoms in total. The minimum atomic E-state index is -0.188. The van der Waals surface area contributed by atoms with Gasteiger partial charge in [0.15, 0.2) is 10.6 Å². The number of aryl methyl sites for hydroxylation is 2. The molecule has 0 radical (unpaired) electrons. The number of aromatic nitrogens is 3. The molecule has 0 aliphatic rings. The third-order valence-corrected chi connectivity index (χ3v) is 4.29. The molecule has 122 valence electrons. The topological polar surface area (TPSA) is 76.9 Å². The molecule has 3 rings (SSSR count). The molecule has 3 aromatic rings. The van der Waals surface area contributed by atoms with E-state index in [-0.39, 0.29) is 17.9 Å². The fraction of sp³-hybridized carbons (Fsp3) is 0.176. The van der Waals surface area contributed by atoms with E-state index in [0.717, 1.165) is 22.8 Å². The summed E-state index contributed by atoms with van der Waals surface area (Å²) >= 11 is 1.35. The number of hydrogen-bond donors (Lipinski definition) is 1. The molecule has 0 spiro atoms. The Hall–Kier alpha value is -2.80. The van der Waals surface area contributed by atoms with Crippen LogP contribution >= 0.6 is 11.3 Å². The highest BCUT2D eigenvalue weighted by Crippen LogP contribution is 2.23. The molecule has 1 amide bonds. The molecule has 0 fully saturated rings. The summed E-state index contributed by atoms with van der Waals surface area (Å²) in [7, 11) is 0. The van der Waals surface area contributed by atoms with Crippen LogP contribution in [-0.4, -0.2) is 20.4 Å². The van der Waals surface area contributed by atoms with E-state index in [4.69, 9.17) is 0 Å². The first-order chi connectivity index (χ1) is 11.5. The zero-order valence-electron chi connectivity index (χ0n) is 13.3. The molecule has 0 aromatic carbocycles. The SMILES string of the molecule is Cc1cc(=O)cc(C)n1CC(=O)Nc1nc(-c2ccccn2)cs1. The summed E-state index contributed by atoms with van der Waals surface area (Å²) in [6.07, 6.45) is 1.70. The van der Waals surface area contributed by atoms with Crippen LogP contribution in [0.25, 0.3) is 11.4 Å². The Morgan fingerprint density at radius 2 is 1.96 bits per heavy atom. The van der Waals surface area contributed by atoms with Crippen molar-refractivity contribution in [3.8, 4) is 11.4 Å². The molecule has 3 heterocycles. The summed E-state index contributed by atoms with van der Waals surface area (Å²) in [6, 6.07) is 8.63. The number of nitrogens with one attached hydrogen (secondary N) is 1. The molecule has 0 unspecified atom stereocenters. The van der Waals surface area contributed by atoms with E-state index >= 15 is 0 Å². The Labute approximate surface area is 142 Å². The number of hydrogen-bond acceptors (Lipinski definition) is 5. The first kappa shape index (κ1) is 16.1. The fourth-order valence-electron chi connectivity index (χ4n) is 2.40. The quantitative estimate of drug-likeness (QED) is 0.792. The van der Waals surface area contributed by atoms with Gasteiger partial charge in [0, 0.05) is 35.1 Å². The zero-order valence-corrected chi connectivity index (χ0v) is 14.1. The smallest absolute Gasteiger partial charge is 0.246 e. The van der Waals surface area contributed by atoms with Crippen LogP contribution in [0.1, 0.15) is 11.4 Å². The number of rotatable bonds is 4. The molecule has 7 heteroatoms. The number of anilines is 1. The van der Waals surface area contributed by atoms with Crippen molar-refractivity contribution >= 4 is 22.4 Å². The van der Waals surface area contributed by atoms with Gasteiger partial charge in [0.1, 0.15) is 12.2 Å². The molecule has 0 saturated carbocycles. The van der Waals surface area contributed by atoms with E-state index in [1.165, 1.54) is 23.5 Å². The molecular formula is C17H16N4O2S. The lowest BCUT2D eigenvalue weighted by atomic mass is 10.3. The van der Waals surface area contributed by atoms with Crippen LogP contribution < -0.4 is 10.7 Å². The molecule has 0 aliphatic carbocycles. The van der Waals surface area contributed by atoms with Crippen LogP contribution in [0, 0.1) is 13.8 Å². The third-order valence-electron chi connectivity index (χ3n) is 3.53.